The molecule has 1 aromatic heterocycles. The molecular weight excluding hydrogens is 360 g/mol. The van der Waals surface area contributed by atoms with Crippen LogP contribution in [-0.4, -0.2) is 58.9 Å². The zero-order valence-electron chi connectivity index (χ0n) is 19.2. The second-order valence-corrected chi connectivity index (χ2v) is 8.98. The molecule has 1 aromatic rings. The Bertz CT molecular complexity index is 665. The molecule has 0 radical (unpaired) electrons. The lowest BCUT2D eigenvalue weighted by molar-refractivity contribution is 0.0407. The minimum absolute atomic E-state index is 0.289. The van der Waals surface area contributed by atoms with Crippen LogP contribution in [-0.2, 0) is 13.5 Å². The van der Waals surface area contributed by atoms with Crippen LogP contribution in [0.1, 0.15) is 75.2 Å². The molecule has 0 aromatic carbocycles. The van der Waals surface area contributed by atoms with E-state index in [-0.39, 0.29) is 5.54 Å². The number of aromatic nitrogens is 2. The van der Waals surface area contributed by atoms with Gasteiger partial charge in [0.15, 0.2) is 5.96 Å². The highest BCUT2D eigenvalue weighted by atomic mass is 15.3. The molecule has 0 spiro atoms. The van der Waals surface area contributed by atoms with Gasteiger partial charge >= 0.3 is 0 Å². The third-order valence-electron chi connectivity index (χ3n) is 7.01. The largest absolute Gasteiger partial charge is 0.357 e. The van der Waals surface area contributed by atoms with Gasteiger partial charge in [0.25, 0.3) is 0 Å². The monoisotopic (exact) mass is 402 g/mol. The number of likely N-dealkylation sites (tertiary alicyclic amines) is 1. The van der Waals surface area contributed by atoms with Gasteiger partial charge in [-0.05, 0) is 71.5 Å². The minimum Gasteiger partial charge on any atom is -0.357 e. The fraction of sp³-hybridized carbons (Fsp3) is 0.826. The molecule has 164 valence electrons. The minimum atomic E-state index is 0.289. The normalized spacial score (nSPS) is 20.6. The molecule has 2 fully saturated rings. The second-order valence-electron chi connectivity index (χ2n) is 8.98. The van der Waals surface area contributed by atoms with E-state index >= 15 is 0 Å². The fourth-order valence-corrected chi connectivity index (χ4v) is 5.21. The zero-order valence-corrected chi connectivity index (χ0v) is 19.2. The number of nitrogens with one attached hydrogen (secondary N) is 2. The second kappa shape index (κ2) is 10.5. The molecule has 29 heavy (non-hydrogen) atoms. The summed E-state index contributed by atoms with van der Waals surface area (Å²) in [6.07, 6.45) is 11.8. The van der Waals surface area contributed by atoms with Crippen LogP contribution in [0.15, 0.2) is 4.99 Å². The van der Waals surface area contributed by atoms with Gasteiger partial charge in [-0.3, -0.25) is 14.6 Å². The molecule has 2 heterocycles. The van der Waals surface area contributed by atoms with Crippen molar-refractivity contribution in [3.8, 4) is 0 Å². The molecule has 2 aliphatic rings. The van der Waals surface area contributed by atoms with Gasteiger partial charge in [-0.15, -0.1) is 0 Å². The Morgan fingerprint density at radius 2 is 1.72 bits per heavy atom. The molecule has 1 aliphatic carbocycles. The summed E-state index contributed by atoms with van der Waals surface area (Å²) in [5, 5.41) is 11.6. The van der Waals surface area contributed by atoms with E-state index in [1.165, 1.54) is 75.7 Å². The fourth-order valence-electron chi connectivity index (χ4n) is 5.21. The Hall–Kier alpha value is -1.56. The summed E-state index contributed by atoms with van der Waals surface area (Å²) in [7, 11) is 2.02. The standard InChI is InChI=1S/C23H42N6/c1-5-24-22(25-15-12-21-19(2)27-28(4)20(21)3)26-18-23(13-8-6-9-14-23)29-16-10-7-11-17-29/h5-18H2,1-4H3,(H2,24,25,26). The summed E-state index contributed by atoms with van der Waals surface area (Å²) in [5.41, 5.74) is 4.04. The maximum absolute atomic E-state index is 5.10. The highest BCUT2D eigenvalue weighted by Crippen LogP contribution is 2.35. The molecule has 6 nitrogen and oxygen atoms in total. The summed E-state index contributed by atoms with van der Waals surface area (Å²) < 4.78 is 1.98. The zero-order chi connectivity index (χ0) is 20.7. The van der Waals surface area contributed by atoms with Gasteiger partial charge in [0, 0.05) is 31.4 Å². The van der Waals surface area contributed by atoms with Crippen LogP contribution in [0.2, 0.25) is 0 Å². The Labute approximate surface area is 177 Å². The number of hydrogen-bond acceptors (Lipinski definition) is 3. The summed E-state index contributed by atoms with van der Waals surface area (Å²) in [6.45, 7) is 11.6. The number of hydrogen-bond donors (Lipinski definition) is 2. The molecule has 0 atom stereocenters. The SMILES string of the molecule is CCNC(=NCC1(N2CCCCC2)CCCCC1)NCCc1c(C)nn(C)c1C. The van der Waals surface area contributed by atoms with Crippen molar-refractivity contribution in [2.75, 3.05) is 32.7 Å². The van der Waals surface area contributed by atoms with Crippen LogP contribution >= 0.6 is 0 Å². The third-order valence-corrected chi connectivity index (χ3v) is 7.01. The Morgan fingerprint density at radius 3 is 2.34 bits per heavy atom. The van der Waals surface area contributed by atoms with E-state index in [1.807, 2.05) is 11.7 Å². The van der Waals surface area contributed by atoms with E-state index in [2.05, 4.69) is 41.4 Å². The van der Waals surface area contributed by atoms with Crippen LogP contribution in [0, 0.1) is 13.8 Å². The van der Waals surface area contributed by atoms with E-state index < -0.39 is 0 Å². The van der Waals surface area contributed by atoms with Crippen molar-refractivity contribution in [3.05, 3.63) is 17.0 Å². The van der Waals surface area contributed by atoms with Crippen LogP contribution in [0.25, 0.3) is 0 Å². The lowest BCUT2D eigenvalue weighted by atomic mass is 9.79. The van der Waals surface area contributed by atoms with Crippen molar-refractivity contribution in [2.45, 2.75) is 84.1 Å². The Balaban J connectivity index is 1.63. The molecule has 0 amide bonds. The number of rotatable bonds is 7. The van der Waals surface area contributed by atoms with Crippen molar-refractivity contribution < 1.29 is 0 Å². The highest BCUT2D eigenvalue weighted by Gasteiger charge is 2.38. The molecule has 1 saturated carbocycles. The maximum atomic E-state index is 5.10. The number of aryl methyl sites for hydroxylation is 2. The van der Waals surface area contributed by atoms with Gasteiger partial charge in [0.05, 0.1) is 12.2 Å². The van der Waals surface area contributed by atoms with Crippen molar-refractivity contribution in [2.24, 2.45) is 12.0 Å². The van der Waals surface area contributed by atoms with Gasteiger partial charge in [0.1, 0.15) is 0 Å². The van der Waals surface area contributed by atoms with Crippen molar-refractivity contribution in [1.82, 2.24) is 25.3 Å². The first kappa shape index (κ1) is 22.1. The van der Waals surface area contributed by atoms with Crippen molar-refractivity contribution in [1.29, 1.82) is 0 Å². The molecule has 2 N–H and O–H groups in total. The van der Waals surface area contributed by atoms with Crippen LogP contribution < -0.4 is 10.6 Å². The first-order chi connectivity index (χ1) is 14.1. The van der Waals surface area contributed by atoms with E-state index in [0.29, 0.717) is 0 Å². The number of guanidine groups is 1. The summed E-state index contributed by atoms with van der Waals surface area (Å²) in [6, 6.07) is 0. The lowest BCUT2D eigenvalue weighted by Crippen LogP contribution is -2.54. The first-order valence-corrected chi connectivity index (χ1v) is 11.8. The molecular formula is C23H42N6. The average molecular weight is 403 g/mol. The predicted octanol–water partition coefficient (Wildman–Crippen LogP) is 3.32. The topological polar surface area (TPSA) is 57.5 Å². The van der Waals surface area contributed by atoms with Crippen molar-refractivity contribution in [3.63, 3.8) is 0 Å². The van der Waals surface area contributed by atoms with Crippen LogP contribution in [0.4, 0.5) is 0 Å². The van der Waals surface area contributed by atoms with Crippen LogP contribution in [0.3, 0.4) is 0 Å². The number of piperidine rings is 1. The summed E-state index contributed by atoms with van der Waals surface area (Å²) >= 11 is 0. The van der Waals surface area contributed by atoms with Crippen LogP contribution in [0.5, 0.6) is 0 Å². The van der Waals surface area contributed by atoms with E-state index in [0.717, 1.165) is 37.7 Å². The van der Waals surface area contributed by atoms with E-state index in [9.17, 15) is 0 Å². The van der Waals surface area contributed by atoms with E-state index in [1.54, 1.807) is 0 Å². The third kappa shape index (κ3) is 5.53. The lowest BCUT2D eigenvalue weighted by Gasteiger charge is -2.47. The van der Waals surface area contributed by atoms with Crippen molar-refractivity contribution >= 4 is 5.96 Å². The van der Waals surface area contributed by atoms with E-state index in [4.69, 9.17) is 4.99 Å². The maximum Gasteiger partial charge on any atom is 0.191 e. The average Bonchev–Trinajstić information content (AvgIpc) is 2.99. The van der Waals surface area contributed by atoms with Gasteiger partial charge in [-0.2, -0.15) is 5.10 Å². The van der Waals surface area contributed by atoms with Gasteiger partial charge in [0.2, 0.25) is 0 Å². The first-order valence-electron chi connectivity index (χ1n) is 11.8. The Morgan fingerprint density at radius 1 is 1.03 bits per heavy atom. The molecule has 6 heteroatoms. The summed E-state index contributed by atoms with van der Waals surface area (Å²) in [4.78, 5) is 7.88. The number of nitrogens with zero attached hydrogens (tertiary/aromatic N) is 4. The van der Waals surface area contributed by atoms with Gasteiger partial charge in [-0.1, -0.05) is 25.7 Å². The molecule has 3 rings (SSSR count). The molecule has 0 bridgehead atoms. The molecule has 0 unspecified atom stereocenters. The molecule has 1 aliphatic heterocycles. The van der Waals surface area contributed by atoms with Gasteiger partial charge < -0.3 is 10.6 Å². The molecule has 1 saturated heterocycles. The predicted molar refractivity (Wildman–Crippen MR) is 122 cm³/mol. The highest BCUT2D eigenvalue weighted by molar-refractivity contribution is 5.79. The smallest absolute Gasteiger partial charge is 0.191 e. The quantitative estimate of drug-likeness (QED) is 0.543. The summed E-state index contributed by atoms with van der Waals surface area (Å²) in [5.74, 6) is 0.966. The van der Waals surface area contributed by atoms with Gasteiger partial charge in [-0.25, -0.2) is 0 Å². The number of aliphatic imine (C=N–C) groups is 1. The Kier molecular flexibility index (Phi) is 7.99.